The third kappa shape index (κ3) is 4.57. The van der Waals surface area contributed by atoms with Gasteiger partial charge in [0.15, 0.2) is 0 Å². The van der Waals surface area contributed by atoms with Crippen molar-refractivity contribution in [3.63, 3.8) is 0 Å². The first kappa shape index (κ1) is 29.5. The maximum absolute atomic E-state index is 6.61. The number of furan rings is 1. The molecule has 1 aliphatic carbocycles. The molecule has 10 rings (SSSR count). The van der Waals surface area contributed by atoms with E-state index in [1.807, 2.05) is 6.07 Å². The van der Waals surface area contributed by atoms with Crippen LogP contribution in [-0.4, -0.2) is 0 Å². The first-order valence-electron chi connectivity index (χ1n) is 17.7. The Labute approximate surface area is 297 Å². The van der Waals surface area contributed by atoms with Gasteiger partial charge in [-0.1, -0.05) is 147 Å². The van der Waals surface area contributed by atoms with Gasteiger partial charge in [-0.15, -0.1) is 0 Å². The van der Waals surface area contributed by atoms with Crippen molar-refractivity contribution in [2.24, 2.45) is 0 Å². The van der Waals surface area contributed by atoms with E-state index in [1.54, 1.807) is 0 Å². The fourth-order valence-corrected chi connectivity index (χ4v) is 8.39. The molecule has 0 saturated heterocycles. The maximum Gasteiger partial charge on any atom is 0.143 e. The van der Waals surface area contributed by atoms with Crippen molar-refractivity contribution in [1.29, 1.82) is 0 Å². The van der Waals surface area contributed by atoms with Gasteiger partial charge in [-0.05, 0) is 86.6 Å². The van der Waals surface area contributed by atoms with Crippen LogP contribution in [0.1, 0.15) is 25.0 Å². The van der Waals surface area contributed by atoms with Crippen LogP contribution in [0.2, 0.25) is 0 Å². The average molecular weight is 654 g/mol. The molecule has 0 spiro atoms. The van der Waals surface area contributed by atoms with E-state index >= 15 is 0 Å². The van der Waals surface area contributed by atoms with Crippen molar-refractivity contribution < 1.29 is 4.42 Å². The van der Waals surface area contributed by atoms with E-state index in [0.29, 0.717) is 0 Å². The molecule has 0 bridgehead atoms. The third-order valence-corrected chi connectivity index (χ3v) is 10.8. The quantitative estimate of drug-likeness (QED) is 0.184. The summed E-state index contributed by atoms with van der Waals surface area (Å²) >= 11 is 0. The van der Waals surface area contributed by atoms with Crippen LogP contribution in [0.4, 0.5) is 17.1 Å². The number of hydrogen-bond acceptors (Lipinski definition) is 2. The van der Waals surface area contributed by atoms with Crippen LogP contribution < -0.4 is 4.90 Å². The molecule has 2 heteroatoms. The molecule has 242 valence electrons. The lowest BCUT2D eigenvalue weighted by Gasteiger charge is -2.29. The Morgan fingerprint density at radius 3 is 2.00 bits per heavy atom. The molecule has 0 fully saturated rings. The van der Waals surface area contributed by atoms with E-state index < -0.39 is 0 Å². The normalized spacial score (nSPS) is 13.1. The first-order valence-corrected chi connectivity index (χ1v) is 17.7. The molecule has 0 atom stereocenters. The molecule has 0 saturated carbocycles. The van der Waals surface area contributed by atoms with Gasteiger partial charge in [0.1, 0.15) is 11.2 Å². The van der Waals surface area contributed by atoms with E-state index in [-0.39, 0.29) is 5.41 Å². The molecule has 51 heavy (non-hydrogen) atoms. The maximum atomic E-state index is 6.61. The van der Waals surface area contributed by atoms with Crippen LogP contribution in [0, 0.1) is 0 Å². The summed E-state index contributed by atoms with van der Waals surface area (Å²) in [7, 11) is 0. The minimum absolute atomic E-state index is 0.102. The molecule has 0 aliphatic heterocycles. The van der Waals surface area contributed by atoms with Gasteiger partial charge in [0, 0.05) is 38.7 Å². The van der Waals surface area contributed by atoms with Crippen LogP contribution in [0.5, 0.6) is 0 Å². The van der Waals surface area contributed by atoms with Crippen molar-refractivity contribution in [2.75, 3.05) is 4.90 Å². The fraction of sp³-hybridized carbons (Fsp3) is 0.0612. The molecule has 0 radical (unpaired) electrons. The van der Waals surface area contributed by atoms with Crippen molar-refractivity contribution in [3.05, 3.63) is 187 Å². The smallest absolute Gasteiger partial charge is 0.143 e. The number of fused-ring (bicyclic) bond motifs is 7. The van der Waals surface area contributed by atoms with Gasteiger partial charge in [-0.3, -0.25) is 0 Å². The minimum atomic E-state index is -0.102. The zero-order valence-corrected chi connectivity index (χ0v) is 28.6. The number of para-hydroxylation sites is 1. The topological polar surface area (TPSA) is 16.4 Å². The zero-order valence-electron chi connectivity index (χ0n) is 28.6. The Morgan fingerprint density at radius 2 is 1.14 bits per heavy atom. The second-order valence-corrected chi connectivity index (χ2v) is 14.1. The SMILES string of the molecule is CC1(C)c2ccccc2-c2c(N(c3ccc(-c4c5ccccc5cc5c4oc4ccccc45)cc3)c3cccc(-c4ccccc4)c3)cccc21. The molecule has 2 nitrogen and oxygen atoms in total. The zero-order chi connectivity index (χ0) is 34.1. The highest BCUT2D eigenvalue weighted by Gasteiger charge is 2.37. The lowest BCUT2D eigenvalue weighted by molar-refractivity contribution is 0.660. The van der Waals surface area contributed by atoms with Crippen LogP contribution in [0.3, 0.4) is 0 Å². The van der Waals surface area contributed by atoms with Crippen LogP contribution >= 0.6 is 0 Å². The van der Waals surface area contributed by atoms with Gasteiger partial charge in [0.05, 0.1) is 5.69 Å². The molecule has 9 aromatic rings. The number of anilines is 3. The molecule has 0 unspecified atom stereocenters. The Hall–Kier alpha value is -6.38. The van der Waals surface area contributed by atoms with Crippen LogP contribution in [0.15, 0.2) is 180 Å². The van der Waals surface area contributed by atoms with Gasteiger partial charge >= 0.3 is 0 Å². The number of rotatable bonds is 5. The van der Waals surface area contributed by atoms with E-state index in [2.05, 4.69) is 189 Å². The lowest BCUT2D eigenvalue weighted by atomic mass is 9.82. The summed E-state index contributed by atoms with van der Waals surface area (Å²) in [5.74, 6) is 0. The van der Waals surface area contributed by atoms with Crippen molar-refractivity contribution >= 4 is 49.8 Å². The number of nitrogens with zero attached hydrogens (tertiary/aromatic N) is 1. The summed E-state index contributed by atoms with van der Waals surface area (Å²) < 4.78 is 6.61. The number of benzene rings is 8. The average Bonchev–Trinajstić information content (AvgIpc) is 3.67. The van der Waals surface area contributed by atoms with Crippen molar-refractivity contribution in [1.82, 2.24) is 0 Å². The second kappa shape index (κ2) is 11.3. The minimum Gasteiger partial charge on any atom is -0.455 e. The Bertz CT molecular complexity index is 2770. The van der Waals surface area contributed by atoms with Gasteiger partial charge < -0.3 is 9.32 Å². The fourth-order valence-electron chi connectivity index (χ4n) is 8.39. The summed E-state index contributed by atoms with van der Waals surface area (Å²) in [5.41, 5.74) is 15.1. The van der Waals surface area contributed by atoms with Crippen LogP contribution in [0.25, 0.3) is 66.1 Å². The molecule has 1 aromatic heterocycles. The first-order chi connectivity index (χ1) is 25.1. The van der Waals surface area contributed by atoms with Gasteiger partial charge in [0.2, 0.25) is 0 Å². The van der Waals surface area contributed by atoms with Crippen molar-refractivity contribution in [3.8, 4) is 33.4 Å². The summed E-state index contributed by atoms with van der Waals surface area (Å²) in [5, 5.41) is 4.67. The predicted molar refractivity (Wildman–Crippen MR) is 214 cm³/mol. The van der Waals surface area contributed by atoms with Crippen LogP contribution in [-0.2, 0) is 5.41 Å². The monoisotopic (exact) mass is 653 g/mol. The summed E-state index contributed by atoms with van der Waals surface area (Å²) in [4.78, 5) is 2.44. The van der Waals surface area contributed by atoms with E-state index in [9.17, 15) is 0 Å². The Balaban J connectivity index is 1.19. The summed E-state index contributed by atoms with van der Waals surface area (Å²) in [6.07, 6.45) is 0. The summed E-state index contributed by atoms with van der Waals surface area (Å²) in [6.45, 7) is 4.69. The standard InChI is InChI=1S/C49H35NO/c1-49(2)42-22-10-8-21-40(42)47-43(49)23-13-24-44(47)50(37-18-12-17-34(30-37)32-14-4-3-5-15-32)36-28-26-33(27-29-36)46-38-19-7-6-16-35(38)31-41-39-20-9-11-25-45(39)51-48(41)46/h3-31H,1-2H3. The predicted octanol–water partition coefficient (Wildman–Crippen LogP) is 13.8. The number of hydrogen-bond donors (Lipinski definition) is 0. The molecule has 1 aliphatic rings. The Kier molecular flexibility index (Phi) is 6.56. The van der Waals surface area contributed by atoms with Crippen molar-refractivity contribution in [2.45, 2.75) is 19.3 Å². The van der Waals surface area contributed by atoms with Gasteiger partial charge in [0.25, 0.3) is 0 Å². The van der Waals surface area contributed by atoms with Gasteiger partial charge in [-0.2, -0.15) is 0 Å². The second-order valence-electron chi connectivity index (χ2n) is 14.1. The molecular formula is C49H35NO. The lowest BCUT2D eigenvalue weighted by Crippen LogP contribution is -2.16. The molecule has 0 N–H and O–H groups in total. The highest BCUT2D eigenvalue weighted by atomic mass is 16.3. The van der Waals surface area contributed by atoms with E-state index in [0.717, 1.165) is 44.4 Å². The Morgan fingerprint density at radius 1 is 0.451 bits per heavy atom. The van der Waals surface area contributed by atoms with E-state index in [4.69, 9.17) is 4.42 Å². The highest BCUT2D eigenvalue weighted by molar-refractivity contribution is 6.18. The molecular weight excluding hydrogens is 619 g/mol. The van der Waals surface area contributed by atoms with Gasteiger partial charge in [-0.25, -0.2) is 0 Å². The molecule has 0 amide bonds. The van der Waals surface area contributed by atoms with E-state index in [1.165, 1.54) is 49.8 Å². The molecule has 1 heterocycles. The summed E-state index contributed by atoms with van der Waals surface area (Å²) in [6, 6.07) is 63.6. The third-order valence-electron chi connectivity index (χ3n) is 10.8. The molecule has 8 aromatic carbocycles. The highest BCUT2D eigenvalue weighted by Crippen LogP contribution is 2.54. The largest absolute Gasteiger partial charge is 0.455 e.